The number of aromatic nitrogens is 1. The van der Waals surface area contributed by atoms with Crippen LogP contribution in [0, 0.1) is 13.8 Å². The summed E-state index contributed by atoms with van der Waals surface area (Å²) in [5, 5.41) is 0. The van der Waals surface area contributed by atoms with E-state index in [1.165, 1.54) is 6.26 Å². The van der Waals surface area contributed by atoms with Crippen molar-refractivity contribution in [3.63, 3.8) is 0 Å². The van der Waals surface area contributed by atoms with Crippen LogP contribution in [0.1, 0.15) is 42.5 Å². The van der Waals surface area contributed by atoms with E-state index in [-0.39, 0.29) is 12.6 Å². The van der Waals surface area contributed by atoms with Gasteiger partial charge in [-0.25, -0.2) is 14.7 Å². The van der Waals surface area contributed by atoms with Crippen molar-refractivity contribution >= 4 is 17.8 Å². The maximum absolute atomic E-state index is 12.6. The average molecular weight is 367 g/mol. The predicted octanol–water partition coefficient (Wildman–Crippen LogP) is 3.19. The minimum Gasteiger partial charge on any atom is -0.444 e. The number of hydrogen-bond donors (Lipinski definition) is 0. The maximum Gasteiger partial charge on any atom is 0.334 e. The zero-order chi connectivity index (χ0) is 19.1. The summed E-state index contributed by atoms with van der Waals surface area (Å²) in [6.45, 7) is 3.91. The standard InChI is InChI=1S/C20H21N3O4/c1-12-7-8-16(13(2)9-12)17-21-14(11-27-17)10-22-18(24)19(25)23(20(22)26)15-5-3-4-6-15/h7-9,11,15H,3-6,10H2,1-2H3. The van der Waals surface area contributed by atoms with Gasteiger partial charge in [-0.15, -0.1) is 0 Å². The van der Waals surface area contributed by atoms with Crippen LogP contribution in [-0.2, 0) is 16.1 Å². The summed E-state index contributed by atoms with van der Waals surface area (Å²) < 4.78 is 5.55. The van der Waals surface area contributed by atoms with E-state index in [1.54, 1.807) is 0 Å². The monoisotopic (exact) mass is 367 g/mol. The first-order valence-electron chi connectivity index (χ1n) is 9.17. The third-order valence-corrected chi connectivity index (χ3v) is 5.26. The summed E-state index contributed by atoms with van der Waals surface area (Å²) in [7, 11) is 0. The summed E-state index contributed by atoms with van der Waals surface area (Å²) in [6.07, 6.45) is 4.90. The van der Waals surface area contributed by atoms with Gasteiger partial charge in [0.2, 0.25) is 5.89 Å². The van der Waals surface area contributed by atoms with Crippen molar-refractivity contribution in [1.82, 2.24) is 14.8 Å². The SMILES string of the molecule is Cc1ccc(-c2nc(CN3C(=O)C(=O)N(C4CCCC4)C3=O)co2)c(C)c1. The number of aryl methyl sites for hydroxylation is 2. The molecule has 7 heteroatoms. The van der Waals surface area contributed by atoms with Crippen LogP contribution >= 0.6 is 0 Å². The van der Waals surface area contributed by atoms with Gasteiger partial charge in [-0.1, -0.05) is 30.5 Å². The molecule has 2 heterocycles. The second-order valence-electron chi connectivity index (χ2n) is 7.25. The van der Waals surface area contributed by atoms with E-state index in [0.717, 1.165) is 52.2 Å². The van der Waals surface area contributed by atoms with Gasteiger partial charge >= 0.3 is 17.8 Å². The number of imide groups is 2. The molecule has 0 N–H and O–H groups in total. The first-order valence-corrected chi connectivity index (χ1v) is 9.17. The molecule has 1 aliphatic heterocycles. The van der Waals surface area contributed by atoms with Crippen molar-refractivity contribution in [1.29, 1.82) is 0 Å². The Hall–Kier alpha value is -2.96. The largest absolute Gasteiger partial charge is 0.444 e. The fourth-order valence-electron chi connectivity index (χ4n) is 3.87. The Balaban J connectivity index is 1.54. The minimum atomic E-state index is -0.789. The van der Waals surface area contributed by atoms with Crippen molar-refractivity contribution < 1.29 is 18.8 Å². The number of carbonyl (C=O) groups excluding carboxylic acids is 3. The fraction of sp³-hybridized carbons (Fsp3) is 0.400. The fourth-order valence-corrected chi connectivity index (χ4v) is 3.87. The molecule has 140 valence electrons. The van der Waals surface area contributed by atoms with Gasteiger partial charge in [-0.05, 0) is 38.3 Å². The Labute approximate surface area is 157 Å². The zero-order valence-electron chi connectivity index (χ0n) is 15.4. The first kappa shape index (κ1) is 17.5. The van der Waals surface area contributed by atoms with Crippen molar-refractivity contribution in [3.05, 3.63) is 41.3 Å². The molecule has 2 aromatic rings. The van der Waals surface area contributed by atoms with E-state index < -0.39 is 17.8 Å². The lowest BCUT2D eigenvalue weighted by Crippen LogP contribution is -2.39. The molecule has 7 nitrogen and oxygen atoms in total. The molecular weight excluding hydrogens is 346 g/mol. The molecule has 1 aromatic heterocycles. The van der Waals surface area contributed by atoms with Gasteiger partial charge in [-0.2, -0.15) is 0 Å². The Morgan fingerprint density at radius 3 is 2.56 bits per heavy atom. The highest BCUT2D eigenvalue weighted by molar-refractivity contribution is 6.44. The van der Waals surface area contributed by atoms with E-state index in [0.29, 0.717) is 11.6 Å². The average Bonchev–Trinajstić information content (AvgIpc) is 3.34. The summed E-state index contributed by atoms with van der Waals surface area (Å²) in [5.74, 6) is -1.09. The summed E-state index contributed by atoms with van der Waals surface area (Å²) >= 11 is 0. The van der Waals surface area contributed by atoms with Gasteiger partial charge in [0.15, 0.2) is 0 Å². The van der Waals surface area contributed by atoms with Crippen LogP contribution in [0.25, 0.3) is 11.5 Å². The van der Waals surface area contributed by atoms with Crippen molar-refractivity contribution in [2.75, 3.05) is 0 Å². The Bertz CT molecular complexity index is 927. The van der Waals surface area contributed by atoms with E-state index >= 15 is 0 Å². The number of amides is 4. The molecule has 0 atom stereocenters. The Morgan fingerprint density at radius 2 is 1.85 bits per heavy atom. The highest BCUT2D eigenvalue weighted by Gasteiger charge is 2.48. The summed E-state index contributed by atoms with van der Waals surface area (Å²) in [6, 6.07) is 5.22. The lowest BCUT2D eigenvalue weighted by Gasteiger charge is -2.20. The van der Waals surface area contributed by atoms with Gasteiger partial charge < -0.3 is 4.42 Å². The van der Waals surface area contributed by atoms with Crippen LogP contribution in [0.5, 0.6) is 0 Å². The molecular formula is C20H21N3O4. The number of rotatable bonds is 4. The van der Waals surface area contributed by atoms with Crippen LogP contribution < -0.4 is 0 Å². The normalized spacial score (nSPS) is 18.2. The summed E-state index contributed by atoms with van der Waals surface area (Å²) in [4.78, 5) is 43.7. The third-order valence-electron chi connectivity index (χ3n) is 5.26. The number of carbonyl (C=O) groups is 3. The quantitative estimate of drug-likeness (QED) is 0.612. The molecule has 1 saturated carbocycles. The van der Waals surface area contributed by atoms with Crippen LogP contribution in [-0.4, -0.2) is 38.7 Å². The van der Waals surface area contributed by atoms with Crippen LogP contribution in [0.15, 0.2) is 28.9 Å². The zero-order valence-corrected chi connectivity index (χ0v) is 15.4. The predicted molar refractivity (Wildman–Crippen MR) is 96.5 cm³/mol. The van der Waals surface area contributed by atoms with E-state index in [9.17, 15) is 14.4 Å². The minimum absolute atomic E-state index is 0.0684. The molecule has 27 heavy (non-hydrogen) atoms. The van der Waals surface area contributed by atoms with Gasteiger partial charge in [0.05, 0.1) is 12.2 Å². The van der Waals surface area contributed by atoms with Crippen LogP contribution in [0.4, 0.5) is 4.79 Å². The molecule has 1 aromatic carbocycles. The highest BCUT2D eigenvalue weighted by Crippen LogP contribution is 2.29. The summed E-state index contributed by atoms with van der Waals surface area (Å²) in [5.41, 5.74) is 3.46. The molecule has 0 radical (unpaired) electrons. The van der Waals surface area contributed by atoms with E-state index in [2.05, 4.69) is 4.98 Å². The second kappa shape index (κ2) is 6.64. The number of nitrogens with zero attached hydrogens (tertiary/aromatic N) is 3. The molecule has 0 bridgehead atoms. The Kier molecular flexibility index (Phi) is 4.30. The number of benzene rings is 1. The molecule has 2 aliphatic rings. The van der Waals surface area contributed by atoms with Crippen molar-refractivity contribution in [2.24, 2.45) is 0 Å². The van der Waals surface area contributed by atoms with Gasteiger partial charge in [0, 0.05) is 11.6 Å². The molecule has 0 spiro atoms. The van der Waals surface area contributed by atoms with Crippen molar-refractivity contribution in [3.8, 4) is 11.5 Å². The van der Waals surface area contributed by atoms with Crippen molar-refractivity contribution in [2.45, 2.75) is 52.1 Å². The molecule has 4 amide bonds. The topological polar surface area (TPSA) is 83.7 Å². The van der Waals surface area contributed by atoms with Crippen LogP contribution in [0.3, 0.4) is 0 Å². The van der Waals surface area contributed by atoms with Gasteiger partial charge in [-0.3, -0.25) is 14.5 Å². The molecule has 1 saturated heterocycles. The smallest absolute Gasteiger partial charge is 0.334 e. The molecule has 4 rings (SSSR count). The lowest BCUT2D eigenvalue weighted by molar-refractivity contribution is -0.144. The lowest BCUT2D eigenvalue weighted by atomic mass is 10.1. The third kappa shape index (κ3) is 3.03. The molecule has 0 unspecified atom stereocenters. The number of hydrogen-bond acceptors (Lipinski definition) is 5. The van der Waals surface area contributed by atoms with Gasteiger partial charge in [0.25, 0.3) is 0 Å². The second-order valence-corrected chi connectivity index (χ2v) is 7.25. The van der Waals surface area contributed by atoms with E-state index in [1.807, 2.05) is 32.0 Å². The maximum atomic E-state index is 12.6. The Morgan fingerprint density at radius 1 is 1.11 bits per heavy atom. The highest BCUT2D eigenvalue weighted by atomic mass is 16.3. The molecule has 1 aliphatic carbocycles. The van der Waals surface area contributed by atoms with Crippen LogP contribution in [0.2, 0.25) is 0 Å². The first-order chi connectivity index (χ1) is 13.0. The molecule has 2 fully saturated rings. The number of urea groups is 1. The van der Waals surface area contributed by atoms with Gasteiger partial charge in [0.1, 0.15) is 6.26 Å². The number of oxazole rings is 1. The van der Waals surface area contributed by atoms with E-state index in [4.69, 9.17) is 4.42 Å².